The van der Waals surface area contributed by atoms with Crippen molar-refractivity contribution in [3.63, 3.8) is 0 Å². The van der Waals surface area contributed by atoms with Crippen LogP contribution in [0.3, 0.4) is 0 Å². The molecule has 0 unspecified atom stereocenters. The second kappa shape index (κ2) is 3.91. The molecule has 3 N–H and O–H groups in total. The van der Waals surface area contributed by atoms with Gasteiger partial charge in [0.15, 0.2) is 0 Å². The van der Waals surface area contributed by atoms with Gasteiger partial charge in [-0.3, -0.25) is 4.79 Å². The Morgan fingerprint density at radius 3 is 2.67 bits per heavy atom. The standard InChI is InChI=1S/C5H11N3O/c1-3-8(7-2)4-5(6)9/h3,7H,1,4H2,2H3,(H2,6,9). The number of primary amides is 1. The van der Waals surface area contributed by atoms with Gasteiger partial charge in [-0.2, -0.15) is 0 Å². The van der Waals surface area contributed by atoms with Crippen LogP contribution in [-0.4, -0.2) is 24.5 Å². The first-order valence-electron chi connectivity index (χ1n) is 2.55. The van der Waals surface area contributed by atoms with E-state index in [0.29, 0.717) is 0 Å². The first-order valence-corrected chi connectivity index (χ1v) is 2.55. The molecule has 1 amide bonds. The van der Waals surface area contributed by atoms with Crippen LogP contribution in [0.2, 0.25) is 0 Å². The molecule has 0 aromatic rings. The van der Waals surface area contributed by atoms with Crippen molar-refractivity contribution in [3.05, 3.63) is 12.8 Å². The van der Waals surface area contributed by atoms with Crippen molar-refractivity contribution in [3.8, 4) is 0 Å². The molecule has 0 aliphatic carbocycles. The van der Waals surface area contributed by atoms with Crippen LogP contribution in [0, 0.1) is 0 Å². The van der Waals surface area contributed by atoms with Gasteiger partial charge in [0.2, 0.25) is 5.91 Å². The first-order chi connectivity index (χ1) is 4.20. The van der Waals surface area contributed by atoms with E-state index < -0.39 is 0 Å². The van der Waals surface area contributed by atoms with Gasteiger partial charge < -0.3 is 10.7 Å². The lowest BCUT2D eigenvalue weighted by Gasteiger charge is -2.14. The molecule has 0 aromatic carbocycles. The maximum absolute atomic E-state index is 10.2. The molecule has 0 spiro atoms. The number of hydrogen-bond donors (Lipinski definition) is 2. The summed E-state index contributed by atoms with van der Waals surface area (Å²) in [6, 6.07) is 0. The molecular weight excluding hydrogens is 118 g/mol. The molecule has 0 fully saturated rings. The van der Waals surface area contributed by atoms with Gasteiger partial charge in [0.1, 0.15) is 6.54 Å². The highest BCUT2D eigenvalue weighted by Gasteiger charge is 1.97. The van der Waals surface area contributed by atoms with Gasteiger partial charge in [-0.05, 0) is 0 Å². The number of nitrogens with two attached hydrogens (primary N) is 1. The highest BCUT2D eigenvalue weighted by Crippen LogP contribution is 1.76. The summed E-state index contributed by atoms with van der Waals surface area (Å²) in [5.41, 5.74) is 7.57. The molecule has 0 aliphatic rings. The molecule has 0 heterocycles. The molecule has 4 nitrogen and oxygen atoms in total. The third kappa shape index (κ3) is 3.54. The Morgan fingerprint density at radius 2 is 2.56 bits per heavy atom. The summed E-state index contributed by atoms with van der Waals surface area (Å²) in [4.78, 5) is 10.2. The maximum Gasteiger partial charge on any atom is 0.238 e. The van der Waals surface area contributed by atoms with Gasteiger partial charge in [0.05, 0.1) is 0 Å². The minimum Gasteiger partial charge on any atom is -0.368 e. The Kier molecular flexibility index (Phi) is 3.46. The minimum atomic E-state index is -0.385. The Labute approximate surface area is 54.3 Å². The summed E-state index contributed by atoms with van der Waals surface area (Å²) in [7, 11) is 1.69. The highest BCUT2D eigenvalue weighted by molar-refractivity contribution is 5.75. The van der Waals surface area contributed by atoms with Crippen LogP contribution in [0.5, 0.6) is 0 Å². The van der Waals surface area contributed by atoms with Crippen LogP contribution in [0.25, 0.3) is 0 Å². The number of hydrazine groups is 1. The van der Waals surface area contributed by atoms with E-state index in [0.717, 1.165) is 0 Å². The third-order valence-electron chi connectivity index (χ3n) is 0.834. The number of hydrogen-bond acceptors (Lipinski definition) is 3. The quantitative estimate of drug-likeness (QED) is 0.481. The van der Waals surface area contributed by atoms with Gasteiger partial charge in [-0.25, -0.2) is 5.43 Å². The molecule has 0 bridgehead atoms. The van der Waals surface area contributed by atoms with Crippen molar-refractivity contribution in [2.75, 3.05) is 13.6 Å². The molecule has 0 saturated heterocycles. The fourth-order valence-electron chi connectivity index (χ4n) is 0.403. The van der Waals surface area contributed by atoms with Crippen LogP contribution >= 0.6 is 0 Å². The summed E-state index contributed by atoms with van der Waals surface area (Å²) in [5, 5.41) is 1.49. The zero-order valence-corrected chi connectivity index (χ0v) is 5.42. The molecule has 52 valence electrons. The minimum absolute atomic E-state index is 0.153. The molecule has 0 radical (unpaired) electrons. The van der Waals surface area contributed by atoms with Crippen molar-refractivity contribution in [2.45, 2.75) is 0 Å². The molecule has 4 heteroatoms. The predicted molar refractivity (Wildman–Crippen MR) is 35.2 cm³/mol. The summed E-state index contributed by atoms with van der Waals surface area (Å²) in [6.07, 6.45) is 1.49. The monoisotopic (exact) mass is 129 g/mol. The Balaban J connectivity index is 3.55. The largest absolute Gasteiger partial charge is 0.368 e. The smallest absolute Gasteiger partial charge is 0.238 e. The van der Waals surface area contributed by atoms with Crippen LogP contribution in [0.1, 0.15) is 0 Å². The lowest BCUT2D eigenvalue weighted by Crippen LogP contribution is -2.37. The van der Waals surface area contributed by atoms with E-state index in [1.165, 1.54) is 11.2 Å². The summed E-state index contributed by atoms with van der Waals surface area (Å²) in [6.45, 7) is 3.59. The van der Waals surface area contributed by atoms with E-state index in [4.69, 9.17) is 5.73 Å². The fourth-order valence-corrected chi connectivity index (χ4v) is 0.403. The normalized spacial score (nSPS) is 8.56. The SMILES string of the molecule is C=CN(CC(N)=O)NC. The van der Waals surface area contributed by atoms with Gasteiger partial charge in [0, 0.05) is 13.2 Å². The van der Waals surface area contributed by atoms with Crippen LogP contribution in [0.4, 0.5) is 0 Å². The van der Waals surface area contributed by atoms with E-state index in [1.807, 2.05) is 0 Å². The second-order valence-corrected chi connectivity index (χ2v) is 1.50. The van der Waals surface area contributed by atoms with E-state index in [2.05, 4.69) is 12.0 Å². The lowest BCUT2D eigenvalue weighted by molar-refractivity contribution is -0.119. The van der Waals surface area contributed by atoms with Crippen LogP contribution in [0.15, 0.2) is 12.8 Å². The molecule has 0 atom stereocenters. The molecule has 0 rings (SSSR count). The van der Waals surface area contributed by atoms with E-state index in [1.54, 1.807) is 7.05 Å². The molecule has 0 saturated carbocycles. The second-order valence-electron chi connectivity index (χ2n) is 1.50. The van der Waals surface area contributed by atoms with Gasteiger partial charge >= 0.3 is 0 Å². The third-order valence-corrected chi connectivity index (χ3v) is 0.834. The number of carbonyl (C=O) groups excluding carboxylic acids is 1. The number of rotatable bonds is 4. The average Bonchev–Trinajstić information content (AvgIpc) is 1.82. The summed E-state index contributed by atoms with van der Waals surface area (Å²) < 4.78 is 0. The topological polar surface area (TPSA) is 58.4 Å². The van der Waals surface area contributed by atoms with E-state index in [-0.39, 0.29) is 12.5 Å². The molecular formula is C5H11N3O. The van der Waals surface area contributed by atoms with Gasteiger partial charge in [-0.1, -0.05) is 6.58 Å². The first kappa shape index (κ1) is 7.97. The number of nitrogens with zero attached hydrogens (tertiary/aromatic N) is 1. The molecule has 9 heavy (non-hydrogen) atoms. The number of carbonyl (C=O) groups is 1. The van der Waals surface area contributed by atoms with Crippen molar-refractivity contribution < 1.29 is 4.79 Å². The molecule has 0 aromatic heterocycles. The summed E-state index contributed by atoms with van der Waals surface area (Å²) in [5.74, 6) is -0.385. The Bertz CT molecular complexity index is 113. The van der Waals surface area contributed by atoms with Crippen LogP contribution in [-0.2, 0) is 4.79 Å². The summed E-state index contributed by atoms with van der Waals surface area (Å²) >= 11 is 0. The van der Waals surface area contributed by atoms with Crippen molar-refractivity contribution in [1.29, 1.82) is 0 Å². The Hall–Kier alpha value is -1.03. The van der Waals surface area contributed by atoms with Crippen molar-refractivity contribution in [2.24, 2.45) is 5.73 Å². The number of nitrogens with one attached hydrogen (secondary N) is 1. The predicted octanol–water partition coefficient (Wildman–Crippen LogP) is -0.948. The molecule has 0 aliphatic heterocycles. The average molecular weight is 129 g/mol. The highest BCUT2D eigenvalue weighted by atomic mass is 16.1. The van der Waals surface area contributed by atoms with Gasteiger partial charge in [-0.15, -0.1) is 0 Å². The Morgan fingerprint density at radius 1 is 2.00 bits per heavy atom. The fraction of sp³-hybridized carbons (Fsp3) is 0.400. The van der Waals surface area contributed by atoms with Crippen molar-refractivity contribution in [1.82, 2.24) is 10.4 Å². The van der Waals surface area contributed by atoms with E-state index >= 15 is 0 Å². The van der Waals surface area contributed by atoms with Gasteiger partial charge in [0.25, 0.3) is 0 Å². The number of amides is 1. The van der Waals surface area contributed by atoms with Crippen LogP contribution < -0.4 is 11.2 Å². The maximum atomic E-state index is 10.2. The zero-order chi connectivity index (χ0) is 7.28. The van der Waals surface area contributed by atoms with E-state index in [9.17, 15) is 4.79 Å². The lowest BCUT2D eigenvalue weighted by atomic mass is 10.6. The van der Waals surface area contributed by atoms with Crippen molar-refractivity contribution >= 4 is 5.91 Å². The zero-order valence-electron chi connectivity index (χ0n) is 5.42.